The third-order valence-electron chi connectivity index (χ3n) is 2.97. The van der Waals surface area contributed by atoms with Gasteiger partial charge in [-0.3, -0.25) is 9.78 Å². The highest BCUT2D eigenvalue weighted by molar-refractivity contribution is 6.05. The summed E-state index contributed by atoms with van der Waals surface area (Å²) in [6, 6.07) is 8.06. The largest absolute Gasteiger partial charge is 0.478 e. The number of aromatic carboxylic acids is 1. The number of carbonyl (C=O) groups excluding carboxylic acids is 1. The van der Waals surface area contributed by atoms with Crippen LogP contribution in [0.5, 0.6) is 0 Å². The van der Waals surface area contributed by atoms with Crippen molar-refractivity contribution in [1.82, 2.24) is 4.98 Å². The Bertz CT molecular complexity index is 681. The maximum absolute atomic E-state index is 12.1. The van der Waals surface area contributed by atoms with Crippen LogP contribution in [0, 0.1) is 13.8 Å². The number of aromatic nitrogens is 1. The number of benzene rings is 1. The maximum atomic E-state index is 12.1. The highest BCUT2D eigenvalue weighted by Crippen LogP contribution is 2.19. The fourth-order valence-corrected chi connectivity index (χ4v) is 1.88. The molecule has 2 rings (SSSR count). The Labute approximate surface area is 116 Å². The first-order chi connectivity index (χ1) is 9.49. The summed E-state index contributed by atoms with van der Waals surface area (Å²) in [5.41, 5.74) is 2.42. The first kappa shape index (κ1) is 13.7. The van der Waals surface area contributed by atoms with Gasteiger partial charge in [-0.25, -0.2) is 4.79 Å². The Morgan fingerprint density at radius 3 is 2.60 bits per heavy atom. The van der Waals surface area contributed by atoms with Crippen molar-refractivity contribution in [3.8, 4) is 0 Å². The molecule has 2 N–H and O–H groups in total. The molecule has 20 heavy (non-hydrogen) atoms. The molecular formula is C15H14N2O3. The third kappa shape index (κ3) is 2.83. The number of pyridine rings is 1. The molecule has 5 heteroatoms. The Morgan fingerprint density at radius 2 is 1.95 bits per heavy atom. The first-order valence-electron chi connectivity index (χ1n) is 6.06. The fourth-order valence-electron chi connectivity index (χ4n) is 1.88. The maximum Gasteiger partial charge on any atom is 0.336 e. The molecule has 1 aromatic heterocycles. The van der Waals surface area contributed by atoms with E-state index in [9.17, 15) is 9.59 Å². The molecule has 1 heterocycles. The van der Waals surface area contributed by atoms with E-state index in [-0.39, 0.29) is 11.5 Å². The SMILES string of the molecule is Cc1cc(C(=O)Nc2cccc(C(=O)O)c2C)ccn1. The molecule has 2 aromatic rings. The molecule has 0 aliphatic carbocycles. The molecule has 0 bridgehead atoms. The fraction of sp³-hybridized carbons (Fsp3) is 0.133. The number of rotatable bonds is 3. The number of amides is 1. The van der Waals surface area contributed by atoms with Crippen molar-refractivity contribution in [3.63, 3.8) is 0 Å². The molecular weight excluding hydrogens is 256 g/mol. The van der Waals surface area contributed by atoms with Crippen LogP contribution < -0.4 is 5.32 Å². The average Bonchev–Trinajstić information content (AvgIpc) is 2.40. The van der Waals surface area contributed by atoms with E-state index in [1.54, 1.807) is 44.3 Å². The van der Waals surface area contributed by atoms with Gasteiger partial charge in [0.25, 0.3) is 5.91 Å². The van der Waals surface area contributed by atoms with Crippen molar-refractivity contribution in [2.45, 2.75) is 13.8 Å². The number of hydrogen-bond acceptors (Lipinski definition) is 3. The normalized spacial score (nSPS) is 10.1. The minimum absolute atomic E-state index is 0.175. The number of aryl methyl sites for hydroxylation is 1. The Morgan fingerprint density at radius 1 is 1.20 bits per heavy atom. The zero-order valence-corrected chi connectivity index (χ0v) is 11.2. The van der Waals surface area contributed by atoms with Gasteiger partial charge in [0.15, 0.2) is 0 Å². The molecule has 0 fully saturated rings. The molecule has 5 nitrogen and oxygen atoms in total. The van der Waals surface area contributed by atoms with Crippen molar-refractivity contribution in [1.29, 1.82) is 0 Å². The Kier molecular flexibility index (Phi) is 3.79. The van der Waals surface area contributed by atoms with Crippen molar-refractivity contribution in [2.24, 2.45) is 0 Å². The van der Waals surface area contributed by atoms with Gasteiger partial charge in [0.05, 0.1) is 5.56 Å². The Hall–Kier alpha value is -2.69. The van der Waals surface area contributed by atoms with E-state index in [0.717, 1.165) is 5.69 Å². The lowest BCUT2D eigenvalue weighted by atomic mass is 10.1. The van der Waals surface area contributed by atoms with E-state index >= 15 is 0 Å². The van der Waals surface area contributed by atoms with Gasteiger partial charge >= 0.3 is 5.97 Å². The van der Waals surface area contributed by atoms with Gasteiger partial charge in [-0.05, 0) is 43.7 Å². The molecule has 0 saturated heterocycles. The van der Waals surface area contributed by atoms with Crippen LogP contribution in [0.15, 0.2) is 36.5 Å². The van der Waals surface area contributed by atoms with Crippen molar-refractivity contribution in [3.05, 3.63) is 58.9 Å². The van der Waals surface area contributed by atoms with E-state index in [0.29, 0.717) is 16.8 Å². The summed E-state index contributed by atoms with van der Waals surface area (Å²) in [4.78, 5) is 27.2. The predicted molar refractivity (Wildman–Crippen MR) is 75.1 cm³/mol. The number of anilines is 1. The van der Waals surface area contributed by atoms with E-state index in [4.69, 9.17) is 5.11 Å². The summed E-state index contributed by atoms with van der Waals surface area (Å²) < 4.78 is 0. The minimum atomic E-state index is -1.02. The van der Waals surface area contributed by atoms with Crippen LogP contribution >= 0.6 is 0 Å². The van der Waals surface area contributed by atoms with Crippen LogP contribution in [-0.4, -0.2) is 22.0 Å². The average molecular weight is 270 g/mol. The standard InChI is InChI=1S/C15H14N2O3/c1-9-8-11(6-7-16-9)14(18)17-13-5-3-4-12(10(13)2)15(19)20/h3-8H,1-2H3,(H,17,18)(H,19,20). The first-order valence-corrected chi connectivity index (χ1v) is 6.06. The second-order valence-corrected chi connectivity index (χ2v) is 4.42. The predicted octanol–water partition coefficient (Wildman–Crippen LogP) is 2.65. The van der Waals surface area contributed by atoms with Gasteiger partial charge in [0.1, 0.15) is 0 Å². The monoisotopic (exact) mass is 270 g/mol. The number of carboxylic acid groups (broad SMARTS) is 1. The summed E-state index contributed by atoms with van der Waals surface area (Å²) in [5.74, 6) is -1.31. The number of nitrogens with zero attached hydrogens (tertiary/aromatic N) is 1. The smallest absolute Gasteiger partial charge is 0.336 e. The summed E-state index contributed by atoms with van der Waals surface area (Å²) in [7, 11) is 0. The number of carbonyl (C=O) groups is 2. The lowest BCUT2D eigenvalue weighted by Crippen LogP contribution is -2.14. The van der Waals surface area contributed by atoms with Crippen LogP contribution in [0.3, 0.4) is 0 Å². The van der Waals surface area contributed by atoms with Gasteiger partial charge in [-0.1, -0.05) is 6.07 Å². The van der Waals surface area contributed by atoms with E-state index in [1.165, 1.54) is 6.07 Å². The molecule has 0 unspecified atom stereocenters. The van der Waals surface area contributed by atoms with Crippen LogP contribution in [0.2, 0.25) is 0 Å². The van der Waals surface area contributed by atoms with Crippen LogP contribution in [0.4, 0.5) is 5.69 Å². The van der Waals surface area contributed by atoms with Crippen LogP contribution in [0.25, 0.3) is 0 Å². The zero-order chi connectivity index (χ0) is 14.7. The molecule has 0 spiro atoms. The molecule has 0 radical (unpaired) electrons. The van der Waals surface area contributed by atoms with E-state index in [1.807, 2.05) is 0 Å². The van der Waals surface area contributed by atoms with Gasteiger partial charge in [0.2, 0.25) is 0 Å². The van der Waals surface area contributed by atoms with Crippen molar-refractivity contribution >= 4 is 17.6 Å². The number of nitrogens with one attached hydrogen (secondary N) is 1. The quantitative estimate of drug-likeness (QED) is 0.898. The lowest BCUT2D eigenvalue weighted by molar-refractivity contribution is 0.0695. The molecule has 1 aromatic carbocycles. The molecule has 1 amide bonds. The lowest BCUT2D eigenvalue weighted by Gasteiger charge is -2.10. The van der Waals surface area contributed by atoms with Crippen molar-refractivity contribution in [2.75, 3.05) is 5.32 Å². The second kappa shape index (κ2) is 5.52. The second-order valence-electron chi connectivity index (χ2n) is 4.42. The van der Waals surface area contributed by atoms with Gasteiger partial charge in [0, 0.05) is 23.1 Å². The third-order valence-corrected chi connectivity index (χ3v) is 2.97. The summed E-state index contributed by atoms with van der Waals surface area (Å²) in [6.45, 7) is 3.46. The van der Waals surface area contributed by atoms with E-state index in [2.05, 4.69) is 10.3 Å². The van der Waals surface area contributed by atoms with E-state index < -0.39 is 5.97 Å². The Balaban J connectivity index is 2.29. The summed E-state index contributed by atoms with van der Waals surface area (Å²) in [5, 5.41) is 11.8. The van der Waals surface area contributed by atoms with Crippen molar-refractivity contribution < 1.29 is 14.7 Å². The summed E-state index contributed by atoms with van der Waals surface area (Å²) >= 11 is 0. The highest BCUT2D eigenvalue weighted by atomic mass is 16.4. The van der Waals surface area contributed by atoms with Crippen LogP contribution in [0.1, 0.15) is 32.0 Å². The van der Waals surface area contributed by atoms with Gasteiger partial charge < -0.3 is 10.4 Å². The topological polar surface area (TPSA) is 79.3 Å². The van der Waals surface area contributed by atoms with Crippen LogP contribution in [-0.2, 0) is 0 Å². The molecule has 102 valence electrons. The minimum Gasteiger partial charge on any atom is -0.478 e. The molecule has 0 saturated carbocycles. The summed E-state index contributed by atoms with van der Waals surface area (Å²) in [6.07, 6.45) is 1.56. The van der Waals surface area contributed by atoms with Gasteiger partial charge in [-0.2, -0.15) is 0 Å². The zero-order valence-electron chi connectivity index (χ0n) is 11.2. The molecule has 0 aliphatic heterocycles. The number of carboxylic acids is 1. The molecule has 0 atom stereocenters. The number of hydrogen-bond donors (Lipinski definition) is 2. The highest BCUT2D eigenvalue weighted by Gasteiger charge is 2.13. The molecule has 0 aliphatic rings. The van der Waals surface area contributed by atoms with Gasteiger partial charge in [-0.15, -0.1) is 0 Å².